The topological polar surface area (TPSA) is 48.5 Å². The van der Waals surface area contributed by atoms with Gasteiger partial charge in [-0.2, -0.15) is 0 Å². The molecule has 22 heavy (non-hydrogen) atoms. The first kappa shape index (κ1) is 18.4. The third-order valence-electron chi connectivity index (χ3n) is 3.58. The summed E-state index contributed by atoms with van der Waals surface area (Å²) >= 11 is 0. The molecular weight excluding hydrogens is 276 g/mol. The minimum Gasteiger partial charge on any atom is -0.354 e. The maximum Gasteiger partial charge on any atom is 0.252 e. The van der Waals surface area contributed by atoms with E-state index in [2.05, 4.69) is 27.0 Å². The van der Waals surface area contributed by atoms with Gasteiger partial charge in [-0.05, 0) is 32.0 Å². The number of piperazine rings is 1. The standard InChI is InChI=1S/C15H24N4O.C2H6/c1-3-7-18-8-10-19(11-9-18)14-6-5-13(12-17-14)15(20)16-4-2;1-2/h5-6,12H,3-4,7-11H2,1-2H3,(H,16,20);1-2H3. The summed E-state index contributed by atoms with van der Waals surface area (Å²) in [7, 11) is 0. The lowest BCUT2D eigenvalue weighted by Crippen LogP contribution is -2.46. The normalized spacial score (nSPS) is 15.0. The SMILES string of the molecule is CC.CCCN1CCN(c2ccc(C(=O)NCC)cn2)CC1. The highest BCUT2D eigenvalue weighted by Crippen LogP contribution is 2.14. The van der Waals surface area contributed by atoms with Gasteiger partial charge in [-0.15, -0.1) is 0 Å². The molecule has 1 N–H and O–H groups in total. The van der Waals surface area contributed by atoms with E-state index in [4.69, 9.17) is 0 Å². The lowest BCUT2D eigenvalue weighted by atomic mass is 10.2. The molecule has 2 rings (SSSR count). The van der Waals surface area contributed by atoms with Crippen molar-refractivity contribution in [2.45, 2.75) is 34.1 Å². The Labute approximate surface area is 134 Å². The van der Waals surface area contributed by atoms with Gasteiger partial charge in [0.05, 0.1) is 5.56 Å². The second-order valence-corrected chi connectivity index (χ2v) is 5.09. The van der Waals surface area contributed by atoms with Gasteiger partial charge in [0.2, 0.25) is 0 Å². The fourth-order valence-electron chi connectivity index (χ4n) is 2.49. The van der Waals surface area contributed by atoms with Crippen molar-refractivity contribution in [3.8, 4) is 0 Å². The molecule has 2 heterocycles. The zero-order chi connectivity index (χ0) is 16.4. The number of aromatic nitrogens is 1. The summed E-state index contributed by atoms with van der Waals surface area (Å²) < 4.78 is 0. The molecule has 0 bridgehead atoms. The minimum absolute atomic E-state index is 0.0562. The number of nitrogens with one attached hydrogen (secondary N) is 1. The Kier molecular flexibility index (Phi) is 8.51. The largest absolute Gasteiger partial charge is 0.354 e. The molecule has 1 aromatic heterocycles. The lowest BCUT2D eigenvalue weighted by Gasteiger charge is -2.35. The average Bonchev–Trinajstić information content (AvgIpc) is 2.58. The number of pyridine rings is 1. The molecular formula is C17H30N4O. The van der Waals surface area contributed by atoms with Crippen LogP contribution in [0.25, 0.3) is 0 Å². The minimum atomic E-state index is -0.0562. The van der Waals surface area contributed by atoms with Gasteiger partial charge >= 0.3 is 0 Å². The molecule has 124 valence electrons. The van der Waals surface area contributed by atoms with Crippen LogP contribution in [0.4, 0.5) is 5.82 Å². The Bertz CT molecular complexity index is 425. The fourth-order valence-corrected chi connectivity index (χ4v) is 2.49. The molecule has 0 atom stereocenters. The number of carbonyl (C=O) groups excluding carboxylic acids is 1. The predicted octanol–water partition coefficient (Wildman–Crippen LogP) is 2.39. The van der Waals surface area contributed by atoms with Gasteiger partial charge in [0.1, 0.15) is 5.82 Å². The van der Waals surface area contributed by atoms with E-state index >= 15 is 0 Å². The predicted molar refractivity (Wildman–Crippen MR) is 92.5 cm³/mol. The molecule has 1 saturated heterocycles. The summed E-state index contributed by atoms with van der Waals surface area (Å²) in [6.07, 6.45) is 2.87. The number of carbonyl (C=O) groups is 1. The van der Waals surface area contributed by atoms with Crippen LogP contribution in [0.5, 0.6) is 0 Å². The molecule has 0 spiro atoms. The van der Waals surface area contributed by atoms with Crippen molar-refractivity contribution in [1.82, 2.24) is 15.2 Å². The smallest absolute Gasteiger partial charge is 0.252 e. The Balaban J connectivity index is 0.00000116. The van der Waals surface area contributed by atoms with E-state index in [-0.39, 0.29) is 5.91 Å². The molecule has 1 fully saturated rings. The van der Waals surface area contributed by atoms with Crippen molar-refractivity contribution >= 4 is 11.7 Å². The molecule has 0 radical (unpaired) electrons. The average molecular weight is 306 g/mol. The third-order valence-corrected chi connectivity index (χ3v) is 3.58. The first-order chi connectivity index (χ1) is 10.7. The maximum absolute atomic E-state index is 11.7. The van der Waals surface area contributed by atoms with Crippen molar-refractivity contribution in [2.75, 3.05) is 44.2 Å². The number of hydrogen-bond donors (Lipinski definition) is 1. The zero-order valence-electron chi connectivity index (χ0n) is 14.4. The highest BCUT2D eigenvalue weighted by atomic mass is 16.1. The van der Waals surface area contributed by atoms with E-state index in [0.717, 1.165) is 32.0 Å². The van der Waals surface area contributed by atoms with E-state index < -0.39 is 0 Å². The monoisotopic (exact) mass is 306 g/mol. The number of rotatable bonds is 5. The Hall–Kier alpha value is -1.62. The van der Waals surface area contributed by atoms with Gasteiger partial charge in [0, 0.05) is 38.9 Å². The summed E-state index contributed by atoms with van der Waals surface area (Å²) in [4.78, 5) is 20.9. The maximum atomic E-state index is 11.7. The molecule has 0 aromatic carbocycles. The van der Waals surface area contributed by atoms with Crippen LogP contribution in [0.3, 0.4) is 0 Å². The number of nitrogens with zero attached hydrogens (tertiary/aromatic N) is 3. The van der Waals surface area contributed by atoms with Crippen molar-refractivity contribution < 1.29 is 4.79 Å². The Morgan fingerprint density at radius 2 is 1.86 bits per heavy atom. The first-order valence-electron chi connectivity index (χ1n) is 8.46. The molecule has 0 aliphatic carbocycles. The van der Waals surface area contributed by atoms with Crippen molar-refractivity contribution in [2.24, 2.45) is 0 Å². The second kappa shape index (κ2) is 10.2. The van der Waals surface area contributed by atoms with Crippen LogP contribution in [0.2, 0.25) is 0 Å². The summed E-state index contributed by atoms with van der Waals surface area (Å²) in [6.45, 7) is 14.1. The van der Waals surface area contributed by atoms with Crippen LogP contribution >= 0.6 is 0 Å². The highest BCUT2D eigenvalue weighted by Gasteiger charge is 2.17. The van der Waals surface area contributed by atoms with E-state index in [9.17, 15) is 4.79 Å². The van der Waals surface area contributed by atoms with Gasteiger partial charge in [-0.3, -0.25) is 9.69 Å². The Morgan fingerprint density at radius 1 is 1.18 bits per heavy atom. The van der Waals surface area contributed by atoms with Crippen molar-refractivity contribution in [3.05, 3.63) is 23.9 Å². The zero-order valence-corrected chi connectivity index (χ0v) is 14.4. The third kappa shape index (κ3) is 5.30. The van der Waals surface area contributed by atoms with Crippen LogP contribution in [0, 0.1) is 0 Å². The highest BCUT2D eigenvalue weighted by molar-refractivity contribution is 5.93. The molecule has 1 aliphatic rings. The van der Waals surface area contributed by atoms with Gasteiger partial charge in [-0.25, -0.2) is 4.98 Å². The first-order valence-corrected chi connectivity index (χ1v) is 8.46. The molecule has 0 unspecified atom stereocenters. The van der Waals surface area contributed by atoms with E-state index in [1.165, 1.54) is 13.0 Å². The molecule has 5 heteroatoms. The number of amides is 1. The summed E-state index contributed by atoms with van der Waals surface area (Å²) in [5.41, 5.74) is 0.625. The van der Waals surface area contributed by atoms with Crippen LogP contribution in [-0.4, -0.2) is 55.1 Å². The van der Waals surface area contributed by atoms with Crippen LogP contribution in [0.1, 0.15) is 44.5 Å². The van der Waals surface area contributed by atoms with Gasteiger partial charge in [0.25, 0.3) is 5.91 Å². The Morgan fingerprint density at radius 3 is 2.36 bits per heavy atom. The summed E-state index contributed by atoms with van der Waals surface area (Å²) in [5, 5.41) is 2.78. The molecule has 5 nitrogen and oxygen atoms in total. The molecule has 1 aliphatic heterocycles. The number of hydrogen-bond acceptors (Lipinski definition) is 4. The molecule has 0 saturated carbocycles. The van der Waals surface area contributed by atoms with Gasteiger partial charge in [-0.1, -0.05) is 20.8 Å². The fraction of sp³-hybridized carbons (Fsp3) is 0.647. The van der Waals surface area contributed by atoms with Crippen LogP contribution in [-0.2, 0) is 0 Å². The summed E-state index contributed by atoms with van der Waals surface area (Å²) in [6, 6.07) is 3.80. The summed E-state index contributed by atoms with van der Waals surface area (Å²) in [5.74, 6) is 0.911. The van der Waals surface area contributed by atoms with E-state index in [0.29, 0.717) is 12.1 Å². The second-order valence-electron chi connectivity index (χ2n) is 5.09. The van der Waals surface area contributed by atoms with Crippen molar-refractivity contribution in [1.29, 1.82) is 0 Å². The van der Waals surface area contributed by atoms with Crippen LogP contribution in [0.15, 0.2) is 18.3 Å². The van der Waals surface area contributed by atoms with Crippen molar-refractivity contribution in [3.63, 3.8) is 0 Å². The lowest BCUT2D eigenvalue weighted by molar-refractivity contribution is 0.0955. The van der Waals surface area contributed by atoms with E-state index in [1.54, 1.807) is 6.20 Å². The van der Waals surface area contributed by atoms with Gasteiger partial charge in [0.15, 0.2) is 0 Å². The molecule has 1 aromatic rings. The number of anilines is 1. The van der Waals surface area contributed by atoms with Gasteiger partial charge < -0.3 is 10.2 Å². The quantitative estimate of drug-likeness (QED) is 0.907. The van der Waals surface area contributed by atoms with Crippen LogP contribution < -0.4 is 10.2 Å². The molecule has 1 amide bonds. The van der Waals surface area contributed by atoms with E-state index in [1.807, 2.05) is 32.9 Å².